The van der Waals surface area contributed by atoms with Crippen molar-refractivity contribution >= 4 is 17.5 Å². The molecule has 1 aliphatic rings. The van der Waals surface area contributed by atoms with Crippen LogP contribution in [0.15, 0.2) is 18.2 Å². The number of benzene rings is 1. The normalized spacial score (nSPS) is 18.1. The van der Waals surface area contributed by atoms with Crippen LogP contribution in [0.5, 0.6) is 0 Å². The molecule has 0 radical (unpaired) electrons. The molecular formula is C17H24N2O2. The molecule has 1 atom stereocenters. The van der Waals surface area contributed by atoms with Gasteiger partial charge in [-0.2, -0.15) is 0 Å². The standard InChI is InChI=1S/C17H24N2O2/c1-4-5-8-18-17(21)14-10-16(20)19(11-14)15-7-6-12(2)13(3)9-15/h6-7,9,14H,4-5,8,10-11H2,1-3H3,(H,18,21)/t14-/m1/s1. The third-order valence-electron chi connectivity index (χ3n) is 4.13. The molecule has 1 aromatic rings. The highest BCUT2D eigenvalue weighted by Gasteiger charge is 2.34. The van der Waals surface area contributed by atoms with Crippen molar-refractivity contribution < 1.29 is 9.59 Å². The van der Waals surface area contributed by atoms with E-state index in [4.69, 9.17) is 0 Å². The first-order valence-electron chi connectivity index (χ1n) is 7.68. The Kier molecular flexibility index (Phi) is 4.99. The van der Waals surface area contributed by atoms with Crippen LogP contribution in [-0.4, -0.2) is 24.9 Å². The average molecular weight is 288 g/mol. The lowest BCUT2D eigenvalue weighted by atomic mass is 10.1. The highest BCUT2D eigenvalue weighted by Crippen LogP contribution is 2.26. The van der Waals surface area contributed by atoms with Gasteiger partial charge in [0.1, 0.15) is 0 Å². The van der Waals surface area contributed by atoms with E-state index >= 15 is 0 Å². The highest BCUT2D eigenvalue weighted by atomic mass is 16.2. The molecule has 4 heteroatoms. The van der Waals surface area contributed by atoms with E-state index in [1.165, 1.54) is 5.56 Å². The molecule has 1 aliphatic heterocycles. The van der Waals surface area contributed by atoms with Gasteiger partial charge >= 0.3 is 0 Å². The summed E-state index contributed by atoms with van der Waals surface area (Å²) in [6.07, 6.45) is 2.34. The van der Waals surface area contributed by atoms with E-state index in [9.17, 15) is 9.59 Å². The van der Waals surface area contributed by atoms with Crippen molar-refractivity contribution in [3.05, 3.63) is 29.3 Å². The van der Waals surface area contributed by atoms with Gasteiger partial charge in [-0.1, -0.05) is 19.4 Å². The van der Waals surface area contributed by atoms with E-state index in [0.717, 1.165) is 24.1 Å². The molecule has 1 fully saturated rings. The molecule has 0 spiro atoms. The lowest BCUT2D eigenvalue weighted by Crippen LogP contribution is -2.33. The number of carbonyl (C=O) groups excluding carboxylic acids is 2. The third kappa shape index (κ3) is 3.63. The monoisotopic (exact) mass is 288 g/mol. The largest absolute Gasteiger partial charge is 0.356 e. The van der Waals surface area contributed by atoms with Crippen molar-refractivity contribution in [3.63, 3.8) is 0 Å². The number of nitrogens with one attached hydrogen (secondary N) is 1. The summed E-state index contributed by atoms with van der Waals surface area (Å²) in [5, 5.41) is 2.92. The van der Waals surface area contributed by atoms with Gasteiger partial charge in [-0.3, -0.25) is 9.59 Å². The first-order chi connectivity index (χ1) is 10.0. The van der Waals surface area contributed by atoms with Gasteiger partial charge in [0.15, 0.2) is 0 Å². The number of aryl methyl sites for hydroxylation is 2. The maximum absolute atomic E-state index is 12.2. The van der Waals surface area contributed by atoms with Crippen LogP contribution in [-0.2, 0) is 9.59 Å². The van der Waals surface area contributed by atoms with Crippen LogP contribution >= 0.6 is 0 Å². The summed E-state index contributed by atoms with van der Waals surface area (Å²) in [6.45, 7) is 7.36. The van der Waals surface area contributed by atoms with E-state index in [2.05, 4.69) is 19.2 Å². The zero-order valence-corrected chi connectivity index (χ0v) is 13.1. The lowest BCUT2D eigenvalue weighted by molar-refractivity contribution is -0.126. The molecule has 0 bridgehead atoms. The summed E-state index contributed by atoms with van der Waals surface area (Å²) in [6, 6.07) is 5.99. The SMILES string of the molecule is CCCCNC(=O)[C@@H]1CC(=O)N(c2ccc(C)c(C)c2)C1. The Morgan fingerprint density at radius 2 is 2.10 bits per heavy atom. The number of amides is 2. The molecule has 1 heterocycles. The van der Waals surface area contributed by atoms with E-state index in [-0.39, 0.29) is 17.7 Å². The molecule has 1 saturated heterocycles. The minimum Gasteiger partial charge on any atom is -0.356 e. The smallest absolute Gasteiger partial charge is 0.227 e. The van der Waals surface area contributed by atoms with Crippen molar-refractivity contribution in [2.75, 3.05) is 18.0 Å². The predicted molar refractivity (Wildman–Crippen MR) is 84.3 cm³/mol. The molecule has 4 nitrogen and oxygen atoms in total. The zero-order valence-electron chi connectivity index (χ0n) is 13.1. The van der Waals surface area contributed by atoms with Crippen LogP contribution in [0.2, 0.25) is 0 Å². The van der Waals surface area contributed by atoms with Gasteiger partial charge in [-0.05, 0) is 43.5 Å². The Morgan fingerprint density at radius 1 is 1.33 bits per heavy atom. The summed E-state index contributed by atoms with van der Waals surface area (Å²) >= 11 is 0. The predicted octanol–water partition coefficient (Wildman–Crippen LogP) is 2.57. The first-order valence-corrected chi connectivity index (χ1v) is 7.68. The Labute approximate surface area is 126 Å². The minimum atomic E-state index is -0.226. The van der Waals surface area contributed by atoms with Gasteiger partial charge in [-0.25, -0.2) is 0 Å². The number of hydrogen-bond donors (Lipinski definition) is 1. The van der Waals surface area contributed by atoms with Crippen molar-refractivity contribution in [2.24, 2.45) is 5.92 Å². The molecule has 0 aromatic heterocycles. The number of hydrogen-bond acceptors (Lipinski definition) is 2. The quantitative estimate of drug-likeness (QED) is 0.847. The van der Waals surface area contributed by atoms with Crippen LogP contribution in [0.4, 0.5) is 5.69 Å². The van der Waals surface area contributed by atoms with Crippen LogP contribution in [0.3, 0.4) is 0 Å². The van der Waals surface area contributed by atoms with Gasteiger partial charge in [-0.15, -0.1) is 0 Å². The van der Waals surface area contributed by atoms with Crippen LogP contribution < -0.4 is 10.2 Å². The Morgan fingerprint density at radius 3 is 2.76 bits per heavy atom. The summed E-state index contributed by atoms with van der Waals surface area (Å²) in [5.74, 6) is -0.187. The summed E-state index contributed by atoms with van der Waals surface area (Å²) in [5.41, 5.74) is 3.27. The topological polar surface area (TPSA) is 49.4 Å². The van der Waals surface area contributed by atoms with Gasteiger partial charge in [0.05, 0.1) is 5.92 Å². The Balaban J connectivity index is 2.02. The van der Waals surface area contributed by atoms with E-state index in [1.54, 1.807) is 4.90 Å². The molecule has 1 aromatic carbocycles. The van der Waals surface area contributed by atoms with E-state index < -0.39 is 0 Å². The second kappa shape index (κ2) is 6.74. The van der Waals surface area contributed by atoms with Crippen molar-refractivity contribution in [2.45, 2.75) is 40.0 Å². The molecular weight excluding hydrogens is 264 g/mol. The number of anilines is 1. The summed E-state index contributed by atoms with van der Waals surface area (Å²) in [7, 11) is 0. The number of nitrogens with zero attached hydrogens (tertiary/aromatic N) is 1. The maximum Gasteiger partial charge on any atom is 0.227 e. The summed E-state index contributed by atoms with van der Waals surface area (Å²) in [4.78, 5) is 26.0. The second-order valence-corrected chi connectivity index (χ2v) is 5.82. The van der Waals surface area contributed by atoms with Gasteiger partial charge in [0.2, 0.25) is 11.8 Å². The highest BCUT2D eigenvalue weighted by molar-refractivity contribution is 6.00. The van der Waals surface area contributed by atoms with Crippen LogP contribution in [0.1, 0.15) is 37.3 Å². The second-order valence-electron chi connectivity index (χ2n) is 5.82. The molecule has 0 saturated carbocycles. The molecule has 0 aliphatic carbocycles. The number of carbonyl (C=O) groups is 2. The number of rotatable bonds is 5. The Bertz CT molecular complexity index is 540. The van der Waals surface area contributed by atoms with Crippen molar-refractivity contribution in [1.29, 1.82) is 0 Å². The first kappa shape index (κ1) is 15.5. The summed E-state index contributed by atoms with van der Waals surface area (Å²) < 4.78 is 0. The maximum atomic E-state index is 12.2. The fourth-order valence-electron chi connectivity index (χ4n) is 2.56. The Hall–Kier alpha value is -1.84. The van der Waals surface area contributed by atoms with Gasteiger partial charge < -0.3 is 10.2 Å². The average Bonchev–Trinajstić information content (AvgIpc) is 2.84. The fourth-order valence-corrected chi connectivity index (χ4v) is 2.56. The minimum absolute atomic E-state index is 0.00290. The zero-order chi connectivity index (χ0) is 15.4. The van der Waals surface area contributed by atoms with Gasteiger partial charge in [0, 0.05) is 25.2 Å². The van der Waals surface area contributed by atoms with E-state index in [1.807, 2.05) is 25.1 Å². The van der Waals surface area contributed by atoms with Crippen LogP contribution in [0, 0.1) is 19.8 Å². The molecule has 2 rings (SSSR count). The van der Waals surface area contributed by atoms with Crippen molar-refractivity contribution in [1.82, 2.24) is 5.32 Å². The molecule has 114 valence electrons. The molecule has 1 N–H and O–H groups in total. The van der Waals surface area contributed by atoms with Crippen LogP contribution in [0.25, 0.3) is 0 Å². The van der Waals surface area contributed by atoms with Crippen molar-refractivity contribution in [3.8, 4) is 0 Å². The molecule has 2 amide bonds. The van der Waals surface area contributed by atoms with Gasteiger partial charge in [0.25, 0.3) is 0 Å². The fraction of sp³-hybridized carbons (Fsp3) is 0.529. The molecule has 0 unspecified atom stereocenters. The third-order valence-corrected chi connectivity index (χ3v) is 4.13. The number of unbranched alkanes of at least 4 members (excludes halogenated alkanes) is 1. The molecule has 21 heavy (non-hydrogen) atoms. The van der Waals surface area contributed by atoms with E-state index in [0.29, 0.717) is 19.5 Å². The lowest BCUT2D eigenvalue weighted by Gasteiger charge is -2.18.